The van der Waals surface area contributed by atoms with Crippen LogP contribution in [0.2, 0.25) is 48.4 Å². The largest absolute Gasteiger partial charge is 0.298 e. The summed E-state index contributed by atoms with van der Waals surface area (Å²) in [4.78, 5) is 4.75. The highest BCUT2D eigenvalue weighted by Crippen LogP contribution is 2.32. The molecule has 0 aromatic rings. The Labute approximate surface area is 205 Å². The molecule has 0 aliphatic rings. The first-order valence-electron chi connectivity index (χ1n) is 14.3. The monoisotopic (exact) mass is 477 g/mol. The van der Waals surface area contributed by atoms with Gasteiger partial charge in [-0.25, -0.2) is 0 Å². The van der Waals surface area contributed by atoms with Gasteiger partial charge in [-0.2, -0.15) is 0 Å². The van der Waals surface area contributed by atoms with Crippen molar-refractivity contribution in [1.82, 2.24) is 0 Å². The fraction of sp³-hybridized carbons (Fsp3) is 0.828. The van der Waals surface area contributed by atoms with E-state index in [0.717, 1.165) is 6.54 Å². The number of unbranched alkanes of at least 4 members (excludes halogenated alkanes) is 5. The Bertz CT molecular complexity index is 460. The smallest absolute Gasteiger partial charge is 0.0576 e. The van der Waals surface area contributed by atoms with Gasteiger partial charge in [-0.15, -0.1) is 13.2 Å². The van der Waals surface area contributed by atoms with Crippen LogP contribution in [0.4, 0.5) is 0 Å². The molecule has 0 saturated carbocycles. The molecule has 0 aliphatic heterocycles. The Balaban J connectivity index is 3.99. The quantitative estimate of drug-likeness (QED) is 0.0567. The van der Waals surface area contributed by atoms with E-state index in [1.165, 1.54) is 119 Å². The second-order valence-electron chi connectivity index (χ2n) is 10.5. The van der Waals surface area contributed by atoms with Gasteiger partial charge in [0.2, 0.25) is 0 Å². The van der Waals surface area contributed by atoms with Gasteiger partial charge in [0.05, 0.1) is 16.1 Å². The fourth-order valence-corrected chi connectivity index (χ4v) is 16.0. The predicted octanol–water partition coefficient (Wildman–Crippen LogP) is 10.7. The van der Waals surface area contributed by atoms with Crippen LogP contribution in [0.15, 0.2) is 30.3 Å². The lowest BCUT2D eigenvalue weighted by Gasteiger charge is -2.30. The van der Waals surface area contributed by atoms with Crippen molar-refractivity contribution in [1.29, 1.82) is 0 Å². The zero-order valence-electron chi connectivity index (χ0n) is 22.7. The third kappa shape index (κ3) is 14.7. The molecule has 0 aromatic carbocycles. The Kier molecular flexibility index (Phi) is 20.9. The van der Waals surface area contributed by atoms with Crippen LogP contribution >= 0.6 is 0 Å². The summed E-state index contributed by atoms with van der Waals surface area (Å²) < 4.78 is 0. The molecular weight excluding hydrogens is 418 g/mol. The zero-order valence-corrected chi connectivity index (χ0v) is 24.7. The van der Waals surface area contributed by atoms with Crippen LogP contribution in [0, 0.1) is 0 Å². The number of nitrogens with zero attached hydrogens (tertiary/aromatic N) is 1. The number of hydrogen-bond donors (Lipinski definition) is 0. The first kappa shape index (κ1) is 31.6. The molecule has 0 spiro atoms. The van der Waals surface area contributed by atoms with E-state index >= 15 is 0 Å². The van der Waals surface area contributed by atoms with Crippen molar-refractivity contribution in [2.75, 3.05) is 6.54 Å². The molecule has 0 bridgehead atoms. The van der Waals surface area contributed by atoms with Crippen LogP contribution in [-0.2, 0) is 0 Å². The topological polar surface area (TPSA) is 12.4 Å². The normalized spacial score (nSPS) is 12.5. The van der Waals surface area contributed by atoms with E-state index in [1.54, 1.807) is 0 Å². The van der Waals surface area contributed by atoms with Crippen LogP contribution < -0.4 is 0 Å². The molecule has 0 saturated heterocycles. The van der Waals surface area contributed by atoms with E-state index in [-0.39, 0.29) is 0 Å². The lowest BCUT2D eigenvalue weighted by Crippen LogP contribution is -2.32. The van der Waals surface area contributed by atoms with Gasteiger partial charge in [-0.05, 0) is 31.1 Å². The Morgan fingerprint density at radius 1 is 0.562 bits per heavy atom. The molecule has 3 heteroatoms. The zero-order chi connectivity index (χ0) is 24.0. The molecule has 0 atom stereocenters. The second kappa shape index (κ2) is 21.1. The van der Waals surface area contributed by atoms with Crippen LogP contribution in [0.25, 0.3) is 0 Å². The number of allylic oxidation sites excluding steroid dienone is 2. The highest BCUT2D eigenvalue weighted by atomic mass is 28.3. The van der Waals surface area contributed by atoms with E-state index < -0.39 is 16.1 Å². The van der Waals surface area contributed by atoms with Gasteiger partial charge in [0.1, 0.15) is 0 Å². The lowest BCUT2D eigenvalue weighted by atomic mass is 10.1. The molecule has 0 N–H and O–H groups in total. The van der Waals surface area contributed by atoms with E-state index in [4.69, 9.17) is 4.99 Å². The van der Waals surface area contributed by atoms with Gasteiger partial charge in [-0.1, -0.05) is 134 Å². The molecule has 0 heterocycles. The first-order valence-corrected chi connectivity index (χ1v) is 19.9. The van der Waals surface area contributed by atoms with E-state index in [2.05, 4.69) is 59.2 Å². The molecule has 32 heavy (non-hydrogen) atoms. The Morgan fingerprint density at radius 3 is 1.47 bits per heavy atom. The molecule has 0 fully saturated rings. The van der Waals surface area contributed by atoms with Crippen LogP contribution in [0.3, 0.4) is 0 Å². The van der Waals surface area contributed by atoms with Gasteiger partial charge < -0.3 is 0 Å². The maximum Gasteiger partial charge on any atom is 0.0576 e. The number of hydrogen-bond acceptors (Lipinski definition) is 1. The van der Waals surface area contributed by atoms with Gasteiger partial charge in [-0.3, -0.25) is 4.99 Å². The molecule has 1 nitrogen and oxygen atoms in total. The molecule has 0 unspecified atom stereocenters. The summed E-state index contributed by atoms with van der Waals surface area (Å²) >= 11 is 0. The molecule has 0 aliphatic carbocycles. The molecule has 0 rings (SSSR count). The van der Waals surface area contributed by atoms with Crippen molar-refractivity contribution < 1.29 is 0 Å². The van der Waals surface area contributed by atoms with Gasteiger partial charge >= 0.3 is 0 Å². The third-order valence-electron chi connectivity index (χ3n) is 7.45. The maximum atomic E-state index is 4.75. The van der Waals surface area contributed by atoms with Gasteiger partial charge in [0.15, 0.2) is 0 Å². The Morgan fingerprint density at radius 2 is 1.00 bits per heavy atom. The molecule has 0 amide bonds. The molecule has 0 aromatic heterocycles. The van der Waals surface area contributed by atoms with Crippen molar-refractivity contribution >= 4 is 22.4 Å². The minimum absolute atomic E-state index is 1.04. The lowest BCUT2D eigenvalue weighted by molar-refractivity contribution is 0.609. The Hall–Kier alpha value is -0.416. The maximum absolute atomic E-state index is 4.75. The predicted molar refractivity (Wildman–Crippen MR) is 157 cm³/mol. The van der Waals surface area contributed by atoms with Crippen molar-refractivity contribution in [3.8, 4) is 0 Å². The first-order chi connectivity index (χ1) is 15.6. The van der Waals surface area contributed by atoms with E-state index in [1.807, 2.05) is 0 Å². The van der Waals surface area contributed by atoms with Gasteiger partial charge in [0.25, 0.3) is 0 Å². The molecular formula is C29H59NSi2. The van der Waals surface area contributed by atoms with Crippen molar-refractivity contribution in [3.05, 3.63) is 25.3 Å². The number of rotatable bonds is 24. The van der Waals surface area contributed by atoms with Gasteiger partial charge in [0, 0.05) is 6.54 Å². The number of aliphatic imine (C=N–C) groups is 1. The van der Waals surface area contributed by atoms with E-state index in [0.29, 0.717) is 0 Å². The van der Waals surface area contributed by atoms with Crippen molar-refractivity contribution in [3.63, 3.8) is 0 Å². The average Bonchev–Trinajstić information content (AvgIpc) is 2.76. The summed E-state index contributed by atoms with van der Waals surface area (Å²) in [6, 6.07) is 11.6. The molecule has 0 radical (unpaired) electrons. The summed E-state index contributed by atoms with van der Waals surface area (Å²) in [6.45, 7) is 18.6. The second-order valence-corrected chi connectivity index (χ2v) is 20.3. The minimum Gasteiger partial charge on any atom is -0.298 e. The third-order valence-corrected chi connectivity index (χ3v) is 18.8. The highest BCUT2D eigenvalue weighted by molar-refractivity contribution is 6.80. The fourth-order valence-electron chi connectivity index (χ4n) is 6.06. The minimum atomic E-state index is -1.13. The summed E-state index contributed by atoms with van der Waals surface area (Å²) in [5, 5.41) is 0. The standard InChI is InChI=1S/C29H59NSi2/c1-7-22-31(23-8-2,24-9-3)28-18-16-14-13-15-17-20-30-21-19-29-32(25-10-4,26-11-5)27-12-6/h7,10,21H,1,4,8-9,11-20,22-29H2,2-3,5-6H3. The summed E-state index contributed by atoms with van der Waals surface area (Å²) in [5.41, 5.74) is 0. The van der Waals surface area contributed by atoms with Crippen molar-refractivity contribution in [2.45, 2.75) is 147 Å². The molecule has 188 valence electrons. The van der Waals surface area contributed by atoms with Crippen LogP contribution in [0.1, 0.15) is 98.3 Å². The summed E-state index contributed by atoms with van der Waals surface area (Å²) in [7, 11) is -2.19. The van der Waals surface area contributed by atoms with Crippen LogP contribution in [0.5, 0.6) is 0 Å². The SMILES string of the molecule is C=CC[Si](CCC)(CCC)CCC=NCCCCCCCC[Si](CC=C)(CCC)CCC. The van der Waals surface area contributed by atoms with Crippen LogP contribution in [-0.4, -0.2) is 28.9 Å². The van der Waals surface area contributed by atoms with Crippen molar-refractivity contribution in [2.24, 2.45) is 4.99 Å². The highest BCUT2D eigenvalue weighted by Gasteiger charge is 2.29. The summed E-state index contributed by atoms with van der Waals surface area (Å²) in [5.74, 6) is 0. The summed E-state index contributed by atoms with van der Waals surface area (Å²) in [6.07, 6.45) is 21.7. The van der Waals surface area contributed by atoms with E-state index in [9.17, 15) is 0 Å². The average molecular weight is 478 g/mol.